The zero-order valence-corrected chi connectivity index (χ0v) is 10.9. The maximum absolute atomic E-state index is 11.1. The Labute approximate surface area is 111 Å². The minimum Gasteiger partial charge on any atom is -0.494 e. The van der Waals surface area contributed by atoms with Crippen LogP contribution in [0.1, 0.15) is 19.8 Å². The molecule has 19 heavy (non-hydrogen) atoms. The van der Waals surface area contributed by atoms with Gasteiger partial charge in [-0.3, -0.25) is 10.1 Å². The normalized spacial score (nSPS) is 16.1. The fraction of sp³-hybridized carbons (Fsp3) is 0.538. The zero-order valence-electron chi connectivity index (χ0n) is 10.9. The third-order valence-corrected chi connectivity index (χ3v) is 3.06. The fourth-order valence-corrected chi connectivity index (χ4v) is 2.10. The van der Waals surface area contributed by atoms with E-state index in [1.807, 2.05) is 6.92 Å². The molecule has 0 atom stereocenters. The Hall–Kier alpha value is -1.82. The van der Waals surface area contributed by atoms with Crippen molar-refractivity contribution in [3.05, 3.63) is 28.3 Å². The summed E-state index contributed by atoms with van der Waals surface area (Å²) in [5, 5.41) is 14.3. The van der Waals surface area contributed by atoms with Crippen molar-refractivity contribution in [1.29, 1.82) is 0 Å². The van der Waals surface area contributed by atoms with E-state index in [4.69, 9.17) is 9.47 Å². The molecule has 0 aromatic heterocycles. The van der Waals surface area contributed by atoms with Crippen LogP contribution in [-0.4, -0.2) is 30.8 Å². The van der Waals surface area contributed by atoms with Gasteiger partial charge in [0.1, 0.15) is 11.4 Å². The lowest BCUT2D eigenvalue weighted by Crippen LogP contribution is -2.28. The average Bonchev–Trinajstić information content (AvgIpc) is 2.42. The number of ether oxygens (including phenoxy) is 2. The Morgan fingerprint density at radius 1 is 1.47 bits per heavy atom. The van der Waals surface area contributed by atoms with Crippen LogP contribution in [0.4, 0.5) is 11.4 Å². The highest BCUT2D eigenvalue weighted by Gasteiger charge is 2.20. The number of nitrogens with one attached hydrogen (secondary N) is 1. The molecular weight excluding hydrogens is 248 g/mol. The third kappa shape index (κ3) is 3.57. The van der Waals surface area contributed by atoms with Gasteiger partial charge in [0.25, 0.3) is 5.69 Å². The van der Waals surface area contributed by atoms with Gasteiger partial charge in [-0.1, -0.05) is 0 Å². The highest BCUT2D eigenvalue weighted by molar-refractivity contribution is 5.64. The molecule has 0 aliphatic carbocycles. The van der Waals surface area contributed by atoms with Gasteiger partial charge in [0.05, 0.1) is 17.6 Å². The number of nitrogens with zero attached hydrogens (tertiary/aromatic N) is 1. The van der Waals surface area contributed by atoms with Crippen LogP contribution in [0.2, 0.25) is 0 Å². The summed E-state index contributed by atoms with van der Waals surface area (Å²) in [7, 11) is 0. The monoisotopic (exact) mass is 266 g/mol. The van der Waals surface area contributed by atoms with Gasteiger partial charge in [0, 0.05) is 19.3 Å². The van der Waals surface area contributed by atoms with Gasteiger partial charge in [-0.25, -0.2) is 0 Å². The maximum atomic E-state index is 11.1. The van der Waals surface area contributed by atoms with E-state index in [9.17, 15) is 10.1 Å². The lowest BCUT2D eigenvalue weighted by Gasteiger charge is -2.24. The van der Waals surface area contributed by atoms with E-state index in [1.54, 1.807) is 12.1 Å². The lowest BCUT2D eigenvalue weighted by atomic mass is 10.1. The van der Waals surface area contributed by atoms with E-state index in [0.717, 1.165) is 12.8 Å². The van der Waals surface area contributed by atoms with Gasteiger partial charge < -0.3 is 14.8 Å². The van der Waals surface area contributed by atoms with Crippen LogP contribution in [0.5, 0.6) is 5.75 Å². The van der Waals surface area contributed by atoms with Crippen LogP contribution in [0.3, 0.4) is 0 Å². The van der Waals surface area contributed by atoms with Crippen LogP contribution in [0.25, 0.3) is 0 Å². The van der Waals surface area contributed by atoms with Crippen LogP contribution >= 0.6 is 0 Å². The Morgan fingerprint density at radius 2 is 2.21 bits per heavy atom. The number of nitro groups is 1. The second kappa shape index (κ2) is 6.38. The highest BCUT2D eigenvalue weighted by Crippen LogP contribution is 2.30. The summed E-state index contributed by atoms with van der Waals surface area (Å²) in [6.45, 7) is 3.73. The van der Waals surface area contributed by atoms with Gasteiger partial charge in [0.2, 0.25) is 0 Å². The first-order chi connectivity index (χ1) is 9.20. The fourth-order valence-electron chi connectivity index (χ4n) is 2.10. The second-order valence-corrected chi connectivity index (χ2v) is 4.40. The molecule has 1 saturated heterocycles. The maximum Gasteiger partial charge on any atom is 0.296 e. The van der Waals surface area contributed by atoms with Gasteiger partial charge in [-0.15, -0.1) is 0 Å². The lowest BCUT2D eigenvalue weighted by molar-refractivity contribution is -0.384. The summed E-state index contributed by atoms with van der Waals surface area (Å²) >= 11 is 0. The highest BCUT2D eigenvalue weighted by atomic mass is 16.6. The van der Waals surface area contributed by atoms with Gasteiger partial charge in [-0.05, 0) is 31.9 Å². The summed E-state index contributed by atoms with van der Waals surface area (Å²) in [6.07, 6.45) is 1.73. The first-order valence-electron chi connectivity index (χ1n) is 6.46. The van der Waals surface area contributed by atoms with E-state index in [0.29, 0.717) is 31.3 Å². The molecule has 1 aromatic rings. The van der Waals surface area contributed by atoms with Crippen LogP contribution < -0.4 is 10.1 Å². The summed E-state index contributed by atoms with van der Waals surface area (Å²) < 4.78 is 10.6. The Kier molecular flexibility index (Phi) is 4.57. The Morgan fingerprint density at radius 3 is 2.84 bits per heavy atom. The van der Waals surface area contributed by atoms with Crippen molar-refractivity contribution in [1.82, 2.24) is 0 Å². The van der Waals surface area contributed by atoms with Crippen molar-refractivity contribution >= 4 is 11.4 Å². The molecule has 104 valence electrons. The number of anilines is 1. The van der Waals surface area contributed by atoms with Crippen LogP contribution in [0, 0.1) is 10.1 Å². The quantitative estimate of drug-likeness (QED) is 0.655. The molecule has 0 spiro atoms. The molecule has 6 heteroatoms. The number of hydrogen-bond acceptors (Lipinski definition) is 5. The molecule has 0 unspecified atom stereocenters. The largest absolute Gasteiger partial charge is 0.494 e. The predicted octanol–water partition coefficient (Wildman–Crippen LogP) is 2.58. The molecule has 0 bridgehead atoms. The van der Waals surface area contributed by atoms with E-state index >= 15 is 0 Å². The molecular formula is C13H18N2O4. The molecule has 1 aliphatic rings. The molecule has 0 radical (unpaired) electrons. The van der Waals surface area contributed by atoms with Crippen LogP contribution in [0.15, 0.2) is 18.2 Å². The number of benzene rings is 1. The molecule has 1 aromatic carbocycles. The van der Waals surface area contributed by atoms with E-state index < -0.39 is 0 Å². The van der Waals surface area contributed by atoms with Crippen molar-refractivity contribution in [2.24, 2.45) is 0 Å². The number of nitro benzene ring substituents is 1. The van der Waals surface area contributed by atoms with Gasteiger partial charge >= 0.3 is 0 Å². The molecule has 1 heterocycles. The van der Waals surface area contributed by atoms with Gasteiger partial charge in [-0.2, -0.15) is 0 Å². The molecule has 6 nitrogen and oxygen atoms in total. The molecule has 2 rings (SSSR count). The van der Waals surface area contributed by atoms with E-state index in [-0.39, 0.29) is 16.7 Å². The summed E-state index contributed by atoms with van der Waals surface area (Å²) in [6, 6.07) is 5.15. The standard InChI is InChI=1S/C13H18N2O4/c1-2-19-11-3-4-12(13(9-11)15(16)17)14-10-5-7-18-8-6-10/h3-4,9-10,14H,2,5-8H2,1H3. The molecule has 1 N–H and O–H groups in total. The molecule has 0 amide bonds. The number of hydrogen-bond donors (Lipinski definition) is 1. The van der Waals surface area contributed by atoms with Crippen molar-refractivity contribution < 1.29 is 14.4 Å². The molecule has 0 saturated carbocycles. The van der Waals surface area contributed by atoms with E-state index in [1.165, 1.54) is 6.07 Å². The summed E-state index contributed by atoms with van der Waals surface area (Å²) in [4.78, 5) is 10.7. The van der Waals surface area contributed by atoms with Gasteiger partial charge in [0.15, 0.2) is 0 Å². The van der Waals surface area contributed by atoms with Crippen LogP contribution in [-0.2, 0) is 4.74 Å². The minimum absolute atomic E-state index is 0.0532. The third-order valence-electron chi connectivity index (χ3n) is 3.06. The first-order valence-corrected chi connectivity index (χ1v) is 6.46. The molecule has 1 aliphatic heterocycles. The number of rotatable bonds is 5. The average molecular weight is 266 g/mol. The first kappa shape index (κ1) is 13.6. The summed E-state index contributed by atoms with van der Waals surface area (Å²) in [5.41, 5.74) is 0.595. The Bertz CT molecular complexity index is 444. The van der Waals surface area contributed by atoms with E-state index in [2.05, 4.69) is 5.32 Å². The Balaban J connectivity index is 2.15. The SMILES string of the molecule is CCOc1ccc(NC2CCOCC2)c([N+](=O)[O-])c1. The minimum atomic E-state index is -0.385. The second-order valence-electron chi connectivity index (χ2n) is 4.40. The predicted molar refractivity (Wildman–Crippen MR) is 71.7 cm³/mol. The van der Waals surface area contributed by atoms with Crippen molar-refractivity contribution in [3.63, 3.8) is 0 Å². The van der Waals surface area contributed by atoms with Crippen molar-refractivity contribution in [2.45, 2.75) is 25.8 Å². The topological polar surface area (TPSA) is 73.6 Å². The molecule has 1 fully saturated rings. The zero-order chi connectivity index (χ0) is 13.7. The van der Waals surface area contributed by atoms with Crippen molar-refractivity contribution in [2.75, 3.05) is 25.1 Å². The smallest absolute Gasteiger partial charge is 0.296 e. The van der Waals surface area contributed by atoms with Crippen molar-refractivity contribution in [3.8, 4) is 5.75 Å². The summed E-state index contributed by atoms with van der Waals surface area (Å²) in [5.74, 6) is 0.520.